The summed E-state index contributed by atoms with van der Waals surface area (Å²) in [5, 5.41) is 19.4. The minimum absolute atomic E-state index is 0.0485. The van der Waals surface area contributed by atoms with Gasteiger partial charge in [0.05, 0.1) is 11.2 Å². The van der Waals surface area contributed by atoms with Crippen molar-refractivity contribution in [3.8, 4) is 5.88 Å². The van der Waals surface area contributed by atoms with Gasteiger partial charge in [-0.25, -0.2) is 0 Å². The number of aromatic hydroxyl groups is 1. The van der Waals surface area contributed by atoms with Gasteiger partial charge in [-0.3, -0.25) is 0 Å². The zero-order valence-electron chi connectivity index (χ0n) is 12.3. The number of fused-ring (bicyclic) bond motifs is 1. The van der Waals surface area contributed by atoms with E-state index in [1.807, 2.05) is 51.1 Å². The van der Waals surface area contributed by atoms with Crippen LogP contribution in [-0.4, -0.2) is 10.1 Å². The summed E-state index contributed by atoms with van der Waals surface area (Å²) in [4.78, 5) is 2.96. The summed E-state index contributed by atoms with van der Waals surface area (Å²) in [6.07, 6.45) is 0. The number of azo groups is 1. The van der Waals surface area contributed by atoms with E-state index < -0.39 is 0 Å². The molecule has 4 nitrogen and oxygen atoms in total. The van der Waals surface area contributed by atoms with Gasteiger partial charge < -0.3 is 10.1 Å². The highest BCUT2D eigenvalue weighted by Gasteiger charge is 2.11. The van der Waals surface area contributed by atoms with Gasteiger partial charge >= 0.3 is 0 Å². The lowest BCUT2D eigenvalue weighted by Gasteiger charge is -1.98. The van der Waals surface area contributed by atoms with Gasteiger partial charge in [-0.2, -0.15) is 5.11 Å². The number of aromatic amines is 1. The molecule has 21 heavy (non-hydrogen) atoms. The van der Waals surface area contributed by atoms with Gasteiger partial charge in [-0.15, -0.1) is 5.11 Å². The van der Waals surface area contributed by atoms with Crippen LogP contribution < -0.4 is 0 Å². The van der Waals surface area contributed by atoms with Crippen LogP contribution in [0.25, 0.3) is 10.9 Å². The number of hydrogen-bond acceptors (Lipinski definition) is 3. The molecule has 0 saturated heterocycles. The first-order valence-electron chi connectivity index (χ1n) is 6.85. The van der Waals surface area contributed by atoms with E-state index in [0.717, 1.165) is 33.3 Å². The minimum atomic E-state index is 0.0485. The second-order valence-corrected chi connectivity index (χ2v) is 5.37. The third-order valence-corrected chi connectivity index (χ3v) is 3.47. The van der Waals surface area contributed by atoms with Crippen molar-refractivity contribution < 1.29 is 5.11 Å². The molecule has 0 atom stereocenters. The molecule has 0 saturated carbocycles. The van der Waals surface area contributed by atoms with Crippen LogP contribution in [0, 0.1) is 20.8 Å². The first-order valence-corrected chi connectivity index (χ1v) is 6.85. The van der Waals surface area contributed by atoms with E-state index in [-0.39, 0.29) is 5.88 Å². The molecule has 0 fully saturated rings. The Balaban J connectivity index is 2.07. The number of aryl methyl sites for hydroxylation is 3. The Hall–Kier alpha value is -2.62. The van der Waals surface area contributed by atoms with Gasteiger partial charge in [-0.1, -0.05) is 24.3 Å². The van der Waals surface area contributed by atoms with Crippen LogP contribution in [0.1, 0.15) is 16.7 Å². The summed E-state index contributed by atoms with van der Waals surface area (Å²) in [6, 6.07) is 11.9. The van der Waals surface area contributed by atoms with Crippen molar-refractivity contribution in [3.05, 3.63) is 53.1 Å². The van der Waals surface area contributed by atoms with Crippen molar-refractivity contribution in [2.45, 2.75) is 20.8 Å². The maximum Gasteiger partial charge on any atom is 0.218 e. The van der Waals surface area contributed by atoms with Crippen molar-refractivity contribution in [1.82, 2.24) is 4.98 Å². The number of rotatable bonds is 2. The lowest BCUT2D eigenvalue weighted by Crippen LogP contribution is -1.75. The van der Waals surface area contributed by atoms with Gasteiger partial charge in [0.2, 0.25) is 5.88 Å². The van der Waals surface area contributed by atoms with Crippen LogP contribution in [0.4, 0.5) is 11.4 Å². The summed E-state index contributed by atoms with van der Waals surface area (Å²) < 4.78 is 0. The summed E-state index contributed by atoms with van der Waals surface area (Å²) in [5.41, 5.74) is 5.51. The largest absolute Gasteiger partial charge is 0.493 e. The maximum atomic E-state index is 10.0. The third kappa shape index (κ3) is 2.52. The SMILES string of the molecule is Cc1cc(C)cc(N=Nc2c(O)[nH]c3c(C)cccc23)c1. The topological polar surface area (TPSA) is 60.7 Å². The molecule has 0 spiro atoms. The van der Waals surface area contributed by atoms with Crippen LogP contribution in [0.5, 0.6) is 5.88 Å². The van der Waals surface area contributed by atoms with Gasteiger partial charge in [0.25, 0.3) is 0 Å². The molecule has 0 aliphatic carbocycles. The average Bonchev–Trinajstić information content (AvgIpc) is 2.73. The molecule has 106 valence electrons. The molecule has 0 radical (unpaired) electrons. The molecule has 0 bridgehead atoms. The number of benzene rings is 2. The van der Waals surface area contributed by atoms with Crippen LogP contribution in [-0.2, 0) is 0 Å². The highest BCUT2D eigenvalue weighted by atomic mass is 16.3. The van der Waals surface area contributed by atoms with E-state index in [9.17, 15) is 5.11 Å². The predicted octanol–water partition coefficient (Wildman–Crippen LogP) is 5.21. The number of nitrogens with zero attached hydrogens (tertiary/aromatic N) is 2. The molecule has 0 unspecified atom stereocenters. The highest BCUT2D eigenvalue weighted by molar-refractivity contribution is 5.95. The molecule has 2 N–H and O–H groups in total. The molecule has 0 aliphatic heterocycles. The van der Waals surface area contributed by atoms with Crippen molar-refractivity contribution >= 4 is 22.3 Å². The molecule has 1 heterocycles. The Morgan fingerprint density at radius 2 is 1.67 bits per heavy atom. The summed E-state index contributed by atoms with van der Waals surface area (Å²) in [7, 11) is 0. The van der Waals surface area contributed by atoms with Gasteiger partial charge in [0.1, 0.15) is 0 Å². The predicted molar refractivity (Wildman–Crippen MR) is 84.8 cm³/mol. The Kier molecular flexibility index (Phi) is 3.22. The maximum absolute atomic E-state index is 10.0. The molecule has 3 rings (SSSR count). The van der Waals surface area contributed by atoms with E-state index in [1.165, 1.54) is 0 Å². The van der Waals surface area contributed by atoms with Gasteiger partial charge in [-0.05, 0) is 49.6 Å². The van der Waals surface area contributed by atoms with Crippen LogP contribution >= 0.6 is 0 Å². The third-order valence-electron chi connectivity index (χ3n) is 3.47. The summed E-state index contributed by atoms with van der Waals surface area (Å²) in [6.45, 7) is 6.04. The molecule has 0 amide bonds. The molecule has 0 aliphatic rings. The van der Waals surface area contributed by atoms with Crippen molar-refractivity contribution in [3.63, 3.8) is 0 Å². The van der Waals surface area contributed by atoms with E-state index in [1.54, 1.807) is 0 Å². The quantitative estimate of drug-likeness (QED) is 0.621. The molecule has 4 heteroatoms. The van der Waals surface area contributed by atoms with Crippen LogP contribution in [0.15, 0.2) is 46.6 Å². The average molecular weight is 279 g/mol. The lowest BCUT2D eigenvalue weighted by molar-refractivity contribution is 0.459. The second kappa shape index (κ2) is 5.05. The number of aromatic nitrogens is 1. The van der Waals surface area contributed by atoms with Crippen molar-refractivity contribution in [1.29, 1.82) is 0 Å². The van der Waals surface area contributed by atoms with Gasteiger partial charge in [0, 0.05) is 5.39 Å². The molecular weight excluding hydrogens is 262 g/mol. The highest BCUT2D eigenvalue weighted by Crippen LogP contribution is 2.37. The lowest BCUT2D eigenvalue weighted by atomic mass is 10.1. The number of H-pyrrole nitrogens is 1. The fourth-order valence-corrected chi connectivity index (χ4v) is 2.55. The van der Waals surface area contributed by atoms with E-state index in [4.69, 9.17) is 0 Å². The summed E-state index contributed by atoms with van der Waals surface area (Å²) >= 11 is 0. The van der Waals surface area contributed by atoms with E-state index in [2.05, 4.69) is 21.3 Å². The number of para-hydroxylation sites is 1. The van der Waals surface area contributed by atoms with E-state index >= 15 is 0 Å². The molecule has 3 aromatic rings. The molecular formula is C17H17N3O. The Morgan fingerprint density at radius 3 is 2.38 bits per heavy atom. The second-order valence-electron chi connectivity index (χ2n) is 5.37. The monoisotopic (exact) mass is 279 g/mol. The standard InChI is InChI=1S/C17H17N3O/c1-10-7-11(2)9-13(8-10)19-20-16-14-6-4-5-12(3)15(14)18-17(16)21/h4-9,18,21H,1-3H3. The Bertz CT molecular complexity index is 826. The first-order chi connectivity index (χ1) is 10.0. The zero-order chi connectivity index (χ0) is 15.0. The normalized spacial score (nSPS) is 11.6. The first kappa shape index (κ1) is 13.4. The van der Waals surface area contributed by atoms with Crippen molar-refractivity contribution in [2.75, 3.05) is 0 Å². The molecule has 2 aromatic carbocycles. The fourth-order valence-electron chi connectivity index (χ4n) is 2.55. The zero-order valence-corrected chi connectivity index (χ0v) is 12.3. The molecule has 1 aromatic heterocycles. The number of nitrogens with one attached hydrogen (secondary N) is 1. The van der Waals surface area contributed by atoms with Crippen LogP contribution in [0.3, 0.4) is 0 Å². The van der Waals surface area contributed by atoms with Crippen LogP contribution in [0.2, 0.25) is 0 Å². The van der Waals surface area contributed by atoms with Gasteiger partial charge in [0.15, 0.2) is 5.69 Å². The smallest absolute Gasteiger partial charge is 0.218 e. The summed E-state index contributed by atoms with van der Waals surface area (Å²) in [5.74, 6) is 0.0485. The Labute approximate surface area is 123 Å². The Morgan fingerprint density at radius 1 is 0.952 bits per heavy atom. The fraction of sp³-hybridized carbons (Fsp3) is 0.176. The van der Waals surface area contributed by atoms with Crippen molar-refractivity contribution in [2.24, 2.45) is 10.2 Å². The van der Waals surface area contributed by atoms with E-state index in [0.29, 0.717) is 5.69 Å². The minimum Gasteiger partial charge on any atom is -0.493 e. The number of hydrogen-bond donors (Lipinski definition) is 2.